The summed E-state index contributed by atoms with van der Waals surface area (Å²) < 4.78 is 12.0. The van der Waals surface area contributed by atoms with Crippen LogP contribution in [0.15, 0.2) is 46.9 Å². The Bertz CT molecular complexity index is 872. The Morgan fingerprint density at radius 3 is 2.59 bits per heavy atom. The van der Waals surface area contributed by atoms with E-state index in [1.165, 1.54) is 0 Å². The zero-order valence-corrected chi connectivity index (χ0v) is 16.0. The first kappa shape index (κ1) is 17.7. The van der Waals surface area contributed by atoms with Crippen molar-refractivity contribution >= 4 is 39.2 Å². The lowest BCUT2D eigenvalue weighted by Crippen LogP contribution is -2.39. The summed E-state index contributed by atoms with van der Waals surface area (Å²) in [4.78, 5) is 26.3. The molecule has 0 radical (unpaired) electrons. The van der Waals surface area contributed by atoms with E-state index in [1.807, 2.05) is 18.2 Å². The number of amides is 3. The van der Waals surface area contributed by atoms with E-state index in [0.29, 0.717) is 36.9 Å². The number of carbonyl (C=O) groups is 2. The molecule has 0 saturated carbocycles. The van der Waals surface area contributed by atoms with E-state index in [9.17, 15) is 9.59 Å². The van der Waals surface area contributed by atoms with Gasteiger partial charge in [-0.25, -0.2) is 4.79 Å². The van der Waals surface area contributed by atoms with Crippen LogP contribution < -0.4 is 25.0 Å². The summed E-state index contributed by atoms with van der Waals surface area (Å²) in [5.41, 5.74) is 1.42. The van der Waals surface area contributed by atoms with E-state index in [4.69, 9.17) is 9.47 Å². The minimum absolute atomic E-state index is 0.0411. The zero-order valence-electron chi connectivity index (χ0n) is 14.4. The maximum absolute atomic E-state index is 12.4. The second kappa shape index (κ2) is 7.48. The van der Waals surface area contributed by atoms with Gasteiger partial charge in [0.2, 0.25) is 5.91 Å². The van der Waals surface area contributed by atoms with Crippen LogP contribution >= 0.6 is 15.9 Å². The van der Waals surface area contributed by atoms with Crippen molar-refractivity contribution in [2.75, 3.05) is 30.0 Å². The molecule has 1 fully saturated rings. The van der Waals surface area contributed by atoms with Gasteiger partial charge in [0, 0.05) is 34.9 Å². The van der Waals surface area contributed by atoms with Gasteiger partial charge in [0.1, 0.15) is 13.2 Å². The fraction of sp³-hybridized carbons (Fsp3) is 0.263. The van der Waals surface area contributed by atoms with Crippen LogP contribution in [0.3, 0.4) is 0 Å². The molecule has 27 heavy (non-hydrogen) atoms. The van der Waals surface area contributed by atoms with Crippen molar-refractivity contribution < 1.29 is 19.1 Å². The zero-order chi connectivity index (χ0) is 18.8. The van der Waals surface area contributed by atoms with Gasteiger partial charge in [-0.3, -0.25) is 4.79 Å². The molecule has 0 aliphatic carbocycles. The van der Waals surface area contributed by atoms with Crippen LogP contribution in [0.25, 0.3) is 0 Å². The number of urea groups is 1. The molecule has 2 aliphatic rings. The fourth-order valence-electron chi connectivity index (χ4n) is 3.14. The fourth-order valence-corrected chi connectivity index (χ4v) is 3.40. The highest BCUT2D eigenvalue weighted by Crippen LogP contribution is 2.35. The van der Waals surface area contributed by atoms with Gasteiger partial charge in [0.25, 0.3) is 0 Å². The van der Waals surface area contributed by atoms with Gasteiger partial charge >= 0.3 is 6.03 Å². The highest BCUT2D eigenvalue weighted by molar-refractivity contribution is 9.10. The molecule has 0 aromatic heterocycles. The van der Waals surface area contributed by atoms with E-state index in [-0.39, 0.29) is 24.4 Å². The molecule has 1 atom stereocenters. The standard InChI is InChI=1S/C19H18BrN3O4/c20-12-1-3-13(4-2-12)21-19(25)22-14-9-18(24)23(11-14)15-5-6-16-17(10-15)27-8-7-26-16/h1-6,10,14H,7-9,11H2,(H2,21,22,25)/t14-/m0/s1. The Morgan fingerprint density at radius 2 is 1.81 bits per heavy atom. The average molecular weight is 432 g/mol. The van der Waals surface area contributed by atoms with Crippen LogP contribution in [0.2, 0.25) is 0 Å². The van der Waals surface area contributed by atoms with Crippen LogP contribution in [-0.2, 0) is 4.79 Å². The largest absolute Gasteiger partial charge is 0.486 e. The number of ether oxygens (including phenoxy) is 2. The lowest BCUT2D eigenvalue weighted by atomic mass is 10.2. The van der Waals surface area contributed by atoms with Crippen molar-refractivity contribution in [3.63, 3.8) is 0 Å². The summed E-state index contributed by atoms with van der Waals surface area (Å²) >= 11 is 3.35. The van der Waals surface area contributed by atoms with Gasteiger partial charge in [-0.15, -0.1) is 0 Å². The smallest absolute Gasteiger partial charge is 0.319 e. The molecule has 1 saturated heterocycles. The molecule has 2 heterocycles. The Hall–Kier alpha value is -2.74. The normalized spacial score (nSPS) is 18.3. The van der Waals surface area contributed by atoms with Gasteiger partial charge < -0.3 is 25.0 Å². The molecule has 2 N–H and O–H groups in total. The molecule has 0 unspecified atom stereocenters. The SMILES string of the molecule is O=C(Nc1ccc(Br)cc1)N[C@H]1CC(=O)N(c2ccc3c(c2)OCCO3)C1. The number of rotatable bonds is 3. The van der Waals surface area contributed by atoms with Gasteiger partial charge in [-0.1, -0.05) is 15.9 Å². The quantitative estimate of drug-likeness (QED) is 0.781. The minimum atomic E-state index is -0.334. The molecule has 0 spiro atoms. The maximum atomic E-state index is 12.4. The highest BCUT2D eigenvalue weighted by Gasteiger charge is 2.32. The second-order valence-corrected chi connectivity index (χ2v) is 7.25. The Balaban J connectivity index is 1.38. The number of benzene rings is 2. The molecule has 2 aromatic carbocycles. The molecule has 2 aliphatic heterocycles. The van der Waals surface area contributed by atoms with E-state index in [2.05, 4.69) is 26.6 Å². The first-order valence-electron chi connectivity index (χ1n) is 8.61. The summed E-state index contributed by atoms with van der Waals surface area (Å²) in [6.07, 6.45) is 0.252. The molecule has 140 valence electrons. The van der Waals surface area contributed by atoms with Crippen LogP contribution in [0.1, 0.15) is 6.42 Å². The third kappa shape index (κ3) is 4.00. The molecular formula is C19H18BrN3O4. The first-order valence-corrected chi connectivity index (χ1v) is 9.41. The summed E-state index contributed by atoms with van der Waals surface area (Å²) in [7, 11) is 0. The number of hydrogen-bond acceptors (Lipinski definition) is 4. The number of carbonyl (C=O) groups excluding carboxylic acids is 2. The summed E-state index contributed by atoms with van der Waals surface area (Å²) in [6.45, 7) is 1.42. The summed E-state index contributed by atoms with van der Waals surface area (Å²) in [5.74, 6) is 1.27. The van der Waals surface area contributed by atoms with Crippen molar-refractivity contribution in [1.82, 2.24) is 5.32 Å². The van der Waals surface area contributed by atoms with Crippen LogP contribution in [0.5, 0.6) is 11.5 Å². The third-order valence-electron chi connectivity index (χ3n) is 4.40. The van der Waals surface area contributed by atoms with Crippen molar-refractivity contribution in [2.45, 2.75) is 12.5 Å². The van der Waals surface area contributed by atoms with Crippen molar-refractivity contribution in [3.8, 4) is 11.5 Å². The highest BCUT2D eigenvalue weighted by atomic mass is 79.9. The van der Waals surface area contributed by atoms with Crippen molar-refractivity contribution in [1.29, 1.82) is 0 Å². The maximum Gasteiger partial charge on any atom is 0.319 e. The third-order valence-corrected chi connectivity index (χ3v) is 4.93. The van der Waals surface area contributed by atoms with Crippen LogP contribution in [0.4, 0.5) is 16.2 Å². The summed E-state index contributed by atoms with van der Waals surface area (Å²) in [5, 5.41) is 5.62. The lowest BCUT2D eigenvalue weighted by molar-refractivity contribution is -0.117. The Morgan fingerprint density at radius 1 is 1.07 bits per heavy atom. The van der Waals surface area contributed by atoms with E-state index in [0.717, 1.165) is 10.2 Å². The van der Waals surface area contributed by atoms with E-state index in [1.54, 1.807) is 29.2 Å². The molecular weight excluding hydrogens is 414 g/mol. The number of fused-ring (bicyclic) bond motifs is 1. The van der Waals surface area contributed by atoms with Crippen molar-refractivity contribution in [3.05, 3.63) is 46.9 Å². The number of halogens is 1. The molecule has 0 bridgehead atoms. The number of anilines is 2. The number of hydrogen-bond donors (Lipinski definition) is 2. The van der Waals surface area contributed by atoms with Gasteiger partial charge in [0.05, 0.1) is 6.04 Å². The Labute approximate surface area is 164 Å². The monoisotopic (exact) mass is 431 g/mol. The molecule has 4 rings (SSSR count). The van der Waals surface area contributed by atoms with Crippen LogP contribution in [-0.4, -0.2) is 37.7 Å². The molecule has 3 amide bonds. The van der Waals surface area contributed by atoms with Gasteiger partial charge in [-0.2, -0.15) is 0 Å². The molecule has 8 heteroatoms. The summed E-state index contributed by atoms with van der Waals surface area (Å²) in [6, 6.07) is 12.1. The van der Waals surface area contributed by atoms with E-state index >= 15 is 0 Å². The van der Waals surface area contributed by atoms with Gasteiger partial charge in [-0.05, 0) is 36.4 Å². The lowest BCUT2D eigenvalue weighted by Gasteiger charge is -2.22. The topological polar surface area (TPSA) is 79.9 Å². The predicted molar refractivity (Wildman–Crippen MR) is 104 cm³/mol. The first-order chi connectivity index (χ1) is 13.1. The molecule has 2 aromatic rings. The van der Waals surface area contributed by atoms with Gasteiger partial charge in [0.15, 0.2) is 11.5 Å². The number of nitrogens with zero attached hydrogens (tertiary/aromatic N) is 1. The number of nitrogens with one attached hydrogen (secondary N) is 2. The second-order valence-electron chi connectivity index (χ2n) is 6.34. The average Bonchev–Trinajstić information content (AvgIpc) is 3.03. The van der Waals surface area contributed by atoms with Crippen molar-refractivity contribution in [2.24, 2.45) is 0 Å². The predicted octanol–water partition coefficient (Wildman–Crippen LogP) is 3.15. The van der Waals surface area contributed by atoms with E-state index < -0.39 is 0 Å². The molecule has 7 nitrogen and oxygen atoms in total. The van der Waals surface area contributed by atoms with Crippen LogP contribution in [0, 0.1) is 0 Å². The minimum Gasteiger partial charge on any atom is -0.486 e. The Kier molecular flexibility index (Phi) is 4.89.